The summed E-state index contributed by atoms with van der Waals surface area (Å²) in [6.07, 6.45) is 5.47. The molecule has 1 aromatic carbocycles. The summed E-state index contributed by atoms with van der Waals surface area (Å²) in [6.45, 7) is 1.33. The van der Waals surface area contributed by atoms with Crippen molar-refractivity contribution >= 4 is 5.91 Å². The molecule has 6 nitrogen and oxygen atoms in total. The lowest BCUT2D eigenvalue weighted by Gasteiger charge is -2.37. The molecular formula is C17H20N4O2. The molecular weight excluding hydrogens is 292 g/mol. The second-order valence-corrected chi connectivity index (χ2v) is 6.13. The van der Waals surface area contributed by atoms with Crippen molar-refractivity contribution in [2.24, 2.45) is 0 Å². The van der Waals surface area contributed by atoms with Crippen LogP contribution in [0.4, 0.5) is 0 Å². The maximum Gasteiger partial charge on any atom is 0.229 e. The number of carbonyl (C=O) groups excluding carboxylic acids is 1. The SMILES string of the molecule is O=C(Cc1cnn(-c2ccccc2)n1)N1CCO[C@H]2CCC[C@@H]21. The number of aromatic nitrogens is 3. The number of hydrogen-bond acceptors (Lipinski definition) is 4. The maximum absolute atomic E-state index is 12.6. The molecule has 2 aromatic rings. The number of amides is 1. The van der Waals surface area contributed by atoms with Gasteiger partial charge in [-0.25, -0.2) is 0 Å². The molecule has 1 aromatic heterocycles. The van der Waals surface area contributed by atoms with Crippen LogP contribution >= 0.6 is 0 Å². The lowest BCUT2D eigenvalue weighted by atomic mass is 10.1. The van der Waals surface area contributed by atoms with E-state index in [1.54, 1.807) is 11.0 Å². The van der Waals surface area contributed by atoms with E-state index >= 15 is 0 Å². The molecule has 0 radical (unpaired) electrons. The minimum absolute atomic E-state index is 0.130. The molecule has 1 aliphatic heterocycles. The third kappa shape index (κ3) is 2.86. The van der Waals surface area contributed by atoms with Crippen molar-refractivity contribution in [1.29, 1.82) is 0 Å². The van der Waals surface area contributed by atoms with Gasteiger partial charge in [0.2, 0.25) is 5.91 Å². The third-order valence-corrected chi connectivity index (χ3v) is 4.66. The second kappa shape index (κ2) is 6.12. The van der Waals surface area contributed by atoms with Gasteiger partial charge in [0.05, 0.1) is 42.8 Å². The molecule has 2 atom stereocenters. The molecule has 1 saturated heterocycles. The van der Waals surface area contributed by atoms with Crippen LogP contribution in [0.2, 0.25) is 0 Å². The predicted molar refractivity (Wildman–Crippen MR) is 84.2 cm³/mol. The number of benzene rings is 1. The monoisotopic (exact) mass is 312 g/mol. The lowest BCUT2D eigenvalue weighted by Crippen LogP contribution is -2.51. The topological polar surface area (TPSA) is 60.2 Å². The molecule has 2 aliphatic rings. The highest BCUT2D eigenvalue weighted by Gasteiger charge is 2.38. The number of nitrogens with zero attached hydrogens (tertiary/aromatic N) is 4. The van der Waals surface area contributed by atoms with Crippen molar-refractivity contribution in [2.45, 2.75) is 37.8 Å². The standard InChI is InChI=1S/C17H20N4O2/c22-17(20-9-10-23-16-8-4-7-15(16)20)11-13-12-18-21(19-13)14-5-2-1-3-6-14/h1-3,5-6,12,15-16H,4,7-11H2/t15-,16-/m0/s1. The summed E-state index contributed by atoms with van der Waals surface area (Å²) in [7, 11) is 0. The predicted octanol–water partition coefficient (Wildman–Crippen LogP) is 1.59. The molecule has 1 amide bonds. The number of rotatable bonds is 3. The van der Waals surface area contributed by atoms with Gasteiger partial charge in [-0.15, -0.1) is 0 Å². The number of carbonyl (C=O) groups is 1. The molecule has 1 aliphatic carbocycles. The Morgan fingerprint density at radius 3 is 3.00 bits per heavy atom. The Morgan fingerprint density at radius 2 is 2.13 bits per heavy atom. The molecule has 23 heavy (non-hydrogen) atoms. The van der Waals surface area contributed by atoms with Crippen molar-refractivity contribution in [3.05, 3.63) is 42.2 Å². The van der Waals surface area contributed by atoms with Crippen molar-refractivity contribution in [3.8, 4) is 5.69 Å². The third-order valence-electron chi connectivity index (χ3n) is 4.66. The Kier molecular flexibility index (Phi) is 3.83. The summed E-state index contributed by atoms with van der Waals surface area (Å²) >= 11 is 0. The fraction of sp³-hybridized carbons (Fsp3) is 0.471. The Labute approximate surface area is 135 Å². The number of ether oxygens (including phenoxy) is 1. The van der Waals surface area contributed by atoms with Gasteiger partial charge in [-0.2, -0.15) is 15.0 Å². The fourth-order valence-electron chi connectivity index (χ4n) is 3.55. The molecule has 0 unspecified atom stereocenters. The highest BCUT2D eigenvalue weighted by Crippen LogP contribution is 2.29. The summed E-state index contributed by atoms with van der Waals surface area (Å²) in [6, 6.07) is 9.97. The van der Waals surface area contributed by atoms with Crippen LogP contribution in [0.5, 0.6) is 0 Å². The van der Waals surface area contributed by atoms with Gasteiger partial charge in [0.1, 0.15) is 0 Å². The van der Waals surface area contributed by atoms with Crippen LogP contribution < -0.4 is 0 Å². The molecule has 2 heterocycles. The van der Waals surface area contributed by atoms with Crippen LogP contribution in [0, 0.1) is 0 Å². The summed E-state index contributed by atoms with van der Waals surface area (Å²) < 4.78 is 5.77. The first-order valence-electron chi connectivity index (χ1n) is 8.19. The van der Waals surface area contributed by atoms with Crippen LogP contribution in [0.3, 0.4) is 0 Å². The van der Waals surface area contributed by atoms with E-state index in [0.29, 0.717) is 25.3 Å². The first-order valence-corrected chi connectivity index (χ1v) is 8.19. The zero-order valence-electron chi connectivity index (χ0n) is 13.0. The van der Waals surface area contributed by atoms with Crippen LogP contribution in [-0.4, -0.2) is 51.1 Å². The van der Waals surface area contributed by atoms with Gasteiger partial charge in [0.25, 0.3) is 0 Å². The zero-order chi connectivity index (χ0) is 15.6. The van der Waals surface area contributed by atoms with E-state index in [2.05, 4.69) is 10.2 Å². The average molecular weight is 312 g/mol. The van der Waals surface area contributed by atoms with Gasteiger partial charge in [0.15, 0.2) is 0 Å². The van der Waals surface area contributed by atoms with Gasteiger partial charge in [-0.1, -0.05) is 18.2 Å². The van der Waals surface area contributed by atoms with Gasteiger partial charge in [-0.3, -0.25) is 4.79 Å². The van der Waals surface area contributed by atoms with Crippen LogP contribution in [0.1, 0.15) is 25.0 Å². The van der Waals surface area contributed by atoms with E-state index in [9.17, 15) is 4.79 Å². The fourth-order valence-corrected chi connectivity index (χ4v) is 3.55. The highest BCUT2D eigenvalue weighted by molar-refractivity contribution is 5.78. The summed E-state index contributed by atoms with van der Waals surface area (Å²) in [4.78, 5) is 16.2. The van der Waals surface area contributed by atoms with E-state index in [1.165, 1.54) is 0 Å². The first-order chi connectivity index (χ1) is 11.3. The van der Waals surface area contributed by atoms with E-state index in [-0.39, 0.29) is 18.1 Å². The molecule has 0 bridgehead atoms. The maximum atomic E-state index is 12.6. The minimum atomic E-state index is 0.130. The molecule has 2 fully saturated rings. The normalized spacial score (nSPS) is 23.7. The molecule has 6 heteroatoms. The summed E-state index contributed by atoms with van der Waals surface area (Å²) in [5, 5.41) is 8.69. The Hall–Kier alpha value is -2.21. The van der Waals surface area contributed by atoms with Gasteiger partial charge < -0.3 is 9.64 Å². The molecule has 0 spiro atoms. The Morgan fingerprint density at radius 1 is 1.26 bits per heavy atom. The Balaban J connectivity index is 1.46. The molecule has 0 N–H and O–H groups in total. The van der Waals surface area contributed by atoms with Gasteiger partial charge in [-0.05, 0) is 31.4 Å². The minimum Gasteiger partial charge on any atom is -0.374 e. The molecule has 1 saturated carbocycles. The summed E-state index contributed by atoms with van der Waals surface area (Å²) in [5.41, 5.74) is 1.60. The van der Waals surface area contributed by atoms with E-state index in [1.807, 2.05) is 35.2 Å². The van der Waals surface area contributed by atoms with Crippen molar-refractivity contribution < 1.29 is 9.53 Å². The van der Waals surface area contributed by atoms with Crippen LogP contribution in [0.25, 0.3) is 5.69 Å². The lowest BCUT2D eigenvalue weighted by molar-refractivity contribution is -0.143. The zero-order valence-corrected chi connectivity index (χ0v) is 13.0. The Bertz CT molecular complexity index is 685. The number of para-hydroxylation sites is 1. The second-order valence-electron chi connectivity index (χ2n) is 6.13. The van der Waals surface area contributed by atoms with E-state index in [0.717, 1.165) is 24.9 Å². The number of fused-ring (bicyclic) bond motifs is 1. The van der Waals surface area contributed by atoms with Crippen LogP contribution in [-0.2, 0) is 16.0 Å². The average Bonchev–Trinajstić information content (AvgIpc) is 3.24. The first kappa shape index (κ1) is 14.4. The molecule has 120 valence electrons. The van der Waals surface area contributed by atoms with Crippen molar-refractivity contribution in [3.63, 3.8) is 0 Å². The smallest absolute Gasteiger partial charge is 0.229 e. The highest BCUT2D eigenvalue weighted by atomic mass is 16.5. The van der Waals surface area contributed by atoms with Crippen LogP contribution in [0.15, 0.2) is 36.5 Å². The van der Waals surface area contributed by atoms with Crippen molar-refractivity contribution in [1.82, 2.24) is 19.9 Å². The van der Waals surface area contributed by atoms with Gasteiger partial charge in [0, 0.05) is 6.54 Å². The number of hydrogen-bond donors (Lipinski definition) is 0. The quantitative estimate of drug-likeness (QED) is 0.863. The van der Waals surface area contributed by atoms with E-state index < -0.39 is 0 Å². The van der Waals surface area contributed by atoms with Crippen molar-refractivity contribution in [2.75, 3.05) is 13.2 Å². The molecule has 4 rings (SSSR count). The van der Waals surface area contributed by atoms with Gasteiger partial charge >= 0.3 is 0 Å². The van der Waals surface area contributed by atoms with E-state index in [4.69, 9.17) is 4.74 Å². The summed E-state index contributed by atoms with van der Waals surface area (Å²) in [5.74, 6) is 0.130. The largest absolute Gasteiger partial charge is 0.374 e. The number of morpholine rings is 1.